The zero-order valence-electron chi connectivity index (χ0n) is 14.5. The van der Waals surface area contributed by atoms with Crippen molar-refractivity contribution in [1.29, 1.82) is 0 Å². The summed E-state index contributed by atoms with van der Waals surface area (Å²) in [6.45, 7) is 2.19. The largest absolute Gasteiger partial charge is 0.530 e. The van der Waals surface area contributed by atoms with Crippen molar-refractivity contribution in [2.75, 3.05) is 6.54 Å². The Morgan fingerprint density at radius 2 is 2.19 bits per heavy atom. The van der Waals surface area contributed by atoms with Gasteiger partial charge in [-0.2, -0.15) is 0 Å². The van der Waals surface area contributed by atoms with Gasteiger partial charge in [-0.05, 0) is 50.0 Å². The number of hydrogen-bond donors (Lipinski definition) is 2. The van der Waals surface area contributed by atoms with Crippen LogP contribution in [0, 0.1) is 5.92 Å². The van der Waals surface area contributed by atoms with Crippen molar-refractivity contribution >= 4 is 38.7 Å². The average Bonchev–Trinajstić information content (AvgIpc) is 3.24. The molecule has 0 radical (unpaired) electrons. The third-order valence-electron chi connectivity index (χ3n) is 5.24. The van der Waals surface area contributed by atoms with Gasteiger partial charge >= 0.3 is 0 Å². The molecule has 0 aromatic carbocycles. The molecule has 0 unspecified atom stereocenters. The molecule has 8 heteroatoms. The molecule has 1 fully saturated rings. The van der Waals surface area contributed by atoms with E-state index in [2.05, 4.69) is 19.9 Å². The molecule has 0 saturated heterocycles. The van der Waals surface area contributed by atoms with Gasteiger partial charge in [0.1, 0.15) is 23.5 Å². The lowest BCUT2D eigenvalue weighted by Crippen LogP contribution is -2.40. The van der Waals surface area contributed by atoms with Gasteiger partial charge in [-0.25, -0.2) is 4.98 Å². The van der Waals surface area contributed by atoms with E-state index in [0.29, 0.717) is 18.3 Å². The fraction of sp³-hybridized carbons (Fsp3) is 0.500. The number of nitrogens with one attached hydrogen (secondary N) is 1. The molecule has 7 nitrogen and oxygen atoms in total. The molecule has 138 valence electrons. The van der Waals surface area contributed by atoms with Crippen LogP contribution in [0.15, 0.2) is 17.6 Å². The quantitative estimate of drug-likeness (QED) is 0.731. The van der Waals surface area contributed by atoms with Crippen molar-refractivity contribution < 1.29 is 15.0 Å². The van der Waals surface area contributed by atoms with E-state index in [1.54, 1.807) is 24.5 Å². The molecule has 1 aliphatic rings. The summed E-state index contributed by atoms with van der Waals surface area (Å²) < 4.78 is 3.30. The minimum absolute atomic E-state index is 0.247. The van der Waals surface area contributed by atoms with Gasteiger partial charge in [0.2, 0.25) is 0 Å². The average molecular weight is 373 g/mol. The highest BCUT2D eigenvalue weighted by atomic mass is 32.1. The molecule has 1 atom stereocenters. The number of pyridine rings is 1. The number of carboxylic acid groups (broad SMARTS) is 1. The lowest BCUT2D eigenvalue weighted by Gasteiger charge is -2.31. The topological polar surface area (TPSA) is 103 Å². The summed E-state index contributed by atoms with van der Waals surface area (Å²) >= 11 is 1.64. The van der Waals surface area contributed by atoms with Crippen molar-refractivity contribution in [1.82, 2.24) is 19.9 Å². The van der Waals surface area contributed by atoms with E-state index in [4.69, 9.17) is 0 Å². The number of nitrogens with zero attached hydrogens (tertiary/aromatic N) is 3. The van der Waals surface area contributed by atoms with Crippen molar-refractivity contribution in [3.8, 4) is 0 Å². The van der Waals surface area contributed by atoms with Crippen LogP contribution < -0.4 is 10.4 Å². The molecule has 26 heavy (non-hydrogen) atoms. The van der Waals surface area contributed by atoms with Crippen molar-refractivity contribution in [2.24, 2.45) is 5.92 Å². The first-order chi connectivity index (χ1) is 12.5. The molecule has 0 aliphatic heterocycles. The Morgan fingerprint density at radius 1 is 1.42 bits per heavy atom. The summed E-state index contributed by atoms with van der Waals surface area (Å²) in [4.78, 5) is 19.7. The maximum Gasteiger partial charge on any atom is 0.138 e. The monoisotopic (exact) mass is 373 g/mol. The predicted octanol–water partition coefficient (Wildman–Crippen LogP) is 2.36. The Hall–Kier alpha value is -2.19. The molecule has 4 rings (SSSR count). The van der Waals surface area contributed by atoms with Gasteiger partial charge in [0.25, 0.3) is 0 Å². The minimum atomic E-state index is -1.21. The molecule has 1 amide bonds. The molecule has 2 N–H and O–H groups in total. The standard InChI is InChI=1S/C18H22N4O3S/c1-10(23)17-21-14-9-19-13-6-7-26-16(13)15(14)22(17)12-4-2-11(3-5-12)8-20-18(24)25/h6-7,9-12,20,23H,2-5,8H2,1H3,(H,24,25)/p-1/t10-,11?,12?/m1/s1. The van der Waals surface area contributed by atoms with Crippen LogP contribution in [0.4, 0.5) is 4.79 Å². The first-order valence-corrected chi connectivity index (χ1v) is 9.79. The van der Waals surface area contributed by atoms with E-state index in [1.165, 1.54) is 0 Å². The zero-order valence-corrected chi connectivity index (χ0v) is 15.3. The highest BCUT2D eigenvalue weighted by Crippen LogP contribution is 2.39. The second kappa shape index (κ2) is 6.85. The summed E-state index contributed by atoms with van der Waals surface area (Å²) in [5.74, 6) is 1.01. The SMILES string of the molecule is C[C@@H](O)c1nc2cnc3ccsc3c2n1C1CCC(CNC(=O)[O-])CC1. The van der Waals surface area contributed by atoms with E-state index in [1.807, 2.05) is 11.4 Å². The molecule has 0 bridgehead atoms. The molecule has 1 saturated carbocycles. The van der Waals surface area contributed by atoms with Crippen LogP contribution in [0.3, 0.4) is 0 Å². The summed E-state index contributed by atoms with van der Waals surface area (Å²) in [7, 11) is 0. The van der Waals surface area contributed by atoms with Crippen LogP contribution in [0.5, 0.6) is 0 Å². The Balaban J connectivity index is 1.68. The van der Waals surface area contributed by atoms with Crippen LogP contribution in [0.2, 0.25) is 0 Å². The number of carbonyl (C=O) groups excluding carboxylic acids is 1. The minimum Gasteiger partial charge on any atom is -0.530 e. The fourth-order valence-corrected chi connectivity index (χ4v) is 4.88. The van der Waals surface area contributed by atoms with Gasteiger partial charge in [-0.1, -0.05) is 0 Å². The van der Waals surface area contributed by atoms with E-state index in [0.717, 1.165) is 46.9 Å². The number of thiophene rings is 1. The third-order valence-corrected chi connectivity index (χ3v) is 6.15. The molecule has 3 heterocycles. The molecular formula is C18H21N4O3S-. The van der Waals surface area contributed by atoms with Crippen LogP contribution in [0.25, 0.3) is 21.3 Å². The lowest BCUT2D eigenvalue weighted by molar-refractivity contribution is -0.251. The van der Waals surface area contributed by atoms with Crippen LogP contribution in [-0.2, 0) is 0 Å². The van der Waals surface area contributed by atoms with Gasteiger partial charge in [-0.3, -0.25) is 4.98 Å². The number of hydrogen-bond acceptors (Lipinski definition) is 6. The van der Waals surface area contributed by atoms with Gasteiger partial charge in [0.15, 0.2) is 0 Å². The number of amides is 1. The summed E-state index contributed by atoms with van der Waals surface area (Å²) in [5.41, 5.74) is 2.82. The van der Waals surface area contributed by atoms with E-state index in [9.17, 15) is 15.0 Å². The molecule has 3 aromatic rings. The third kappa shape index (κ3) is 3.03. The van der Waals surface area contributed by atoms with Gasteiger partial charge in [-0.15, -0.1) is 11.3 Å². The van der Waals surface area contributed by atoms with Gasteiger partial charge in [0, 0.05) is 12.6 Å². The second-order valence-corrected chi connectivity index (χ2v) is 7.90. The molecule has 3 aromatic heterocycles. The Morgan fingerprint density at radius 3 is 2.88 bits per heavy atom. The normalized spacial score (nSPS) is 21.9. The molecule has 1 aliphatic carbocycles. The van der Waals surface area contributed by atoms with Crippen molar-refractivity contribution in [3.63, 3.8) is 0 Å². The van der Waals surface area contributed by atoms with Gasteiger partial charge < -0.3 is 24.9 Å². The number of rotatable bonds is 4. The summed E-state index contributed by atoms with van der Waals surface area (Å²) in [6.07, 6.45) is 3.64. The highest BCUT2D eigenvalue weighted by Gasteiger charge is 2.28. The number of carbonyl (C=O) groups is 1. The second-order valence-electron chi connectivity index (χ2n) is 6.99. The van der Waals surface area contributed by atoms with Crippen LogP contribution in [0.1, 0.15) is 50.6 Å². The Labute approximate surface area is 154 Å². The first kappa shape index (κ1) is 17.2. The fourth-order valence-electron chi connectivity index (χ4n) is 4.00. The van der Waals surface area contributed by atoms with E-state index < -0.39 is 12.2 Å². The molecule has 0 spiro atoms. The van der Waals surface area contributed by atoms with E-state index in [-0.39, 0.29) is 6.04 Å². The summed E-state index contributed by atoms with van der Waals surface area (Å²) in [5, 5.41) is 25.3. The smallest absolute Gasteiger partial charge is 0.138 e. The number of fused-ring (bicyclic) bond motifs is 3. The van der Waals surface area contributed by atoms with Crippen LogP contribution >= 0.6 is 11.3 Å². The zero-order chi connectivity index (χ0) is 18.3. The predicted molar refractivity (Wildman–Crippen MR) is 97.9 cm³/mol. The van der Waals surface area contributed by atoms with Gasteiger partial charge in [0.05, 0.1) is 21.9 Å². The van der Waals surface area contributed by atoms with Crippen molar-refractivity contribution in [2.45, 2.75) is 44.8 Å². The van der Waals surface area contributed by atoms with Crippen LogP contribution in [-0.4, -0.2) is 32.3 Å². The summed E-state index contributed by atoms with van der Waals surface area (Å²) in [6, 6.07) is 2.25. The Bertz CT molecular complexity index is 941. The highest BCUT2D eigenvalue weighted by molar-refractivity contribution is 7.18. The van der Waals surface area contributed by atoms with E-state index >= 15 is 0 Å². The molecular weight excluding hydrogens is 352 g/mol. The maximum absolute atomic E-state index is 10.6. The number of aliphatic hydroxyl groups is 1. The maximum atomic E-state index is 10.6. The number of aliphatic hydroxyl groups excluding tert-OH is 1. The number of aromatic nitrogens is 3. The Kier molecular flexibility index (Phi) is 4.54. The van der Waals surface area contributed by atoms with Crippen molar-refractivity contribution in [3.05, 3.63) is 23.5 Å². The lowest BCUT2D eigenvalue weighted by atomic mass is 9.85. The first-order valence-electron chi connectivity index (χ1n) is 8.91. The number of imidazole rings is 1.